The third-order valence-corrected chi connectivity index (χ3v) is 3.25. The number of carbonyl (C=O) groups excluding carboxylic acids is 1. The molecule has 0 bridgehead atoms. The number of rotatable bonds is 8. The van der Waals surface area contributed by atoms with Crippen molar-refractivity contribution in [3.05, 3.63) is 24.3 Å². The van der Waals surface area contributed by atoms with E-state index in [0.29, 0.717) is 30.1 Å². The summed E-state index contributed by atoms with van der Waals surface area (Å²) in [5.41, 5.74) is 6.27. The number of ether oxygens (including phenoxy) is 1. The smallest absolute Gasteiger partial charge is 0.257 e. The molecule has 0 aliphatic carbocycles. The van der Waals surface area contributed by atoms with Crippen LogP contribution in [0.4, 0.5) is 5.69 Å². The number of nitrogen functional groups attached to an aromatic ring is 1. The Kier molecular flexibility index (Phi) is 7.02. The zero-order valence-corrected chi connectivity index (χ0v) is 13.4. The Hall–Kier alpha value is -1.75. The van der Waals surface area contributed by atoms with E-state index in [1.54, 1.807) is 24.3 Å². The van der Waals surface area contributed by atoms with Gasteiger partial charge in [0.1, 0.15) is 5.75 Å². The number of anilines is 1. The van der Waals surface area contributed by atoms with Gasteiger partial charge in [-0.05, 0) is 39.8 Å². The van der Waals surface area contributed by atoms with Gasteiger partial charge < -0.3 is 15.8 Å². The maximum Gasteiger partial charge on any atom is 0.257 e. The molecule has 0 fully saturated rings. The van der Waals surface area contributed by atoms with Gasteiger partial charge >= 0.3 is 0 Å². The molecule has 0 aromatic heterocycles. The second kappa shape index (κ2) is 8.52. The molecule has 0 aliphatic heterocycles. The van der Waals surface area contributed by atoms with Gasteiger partial charge in [0.05, 0.1) is 0 Å². The molecule has 118 valence electrons. The Morgan fingerprint density at radius 1 is 1.29 bits per heavy atom. The number of benzene rings is 1. The van der Waals surface area contributed by atoms with Gasteiger partial charge in [0.2, 0.25) is 0 Å². The first-order chi connectivity index (χ1) is 9.90. The highest BCUT2D eigenvalue weighted by atomic mass is 16.5. The molecule has 1 amide bonds. The molecule has 3 N–H and O–H groups in total. The number of hydrogen-bond donors (Lipinski definition) is 2. The van der Waals surface area contributed by atoms with Crippen molar-refractivity contribution in [3.63, 3.8) is 0 Å². The molecule has 5 heteroatoms. The first-order valence-electron chi connectivity index (χ1n) is 7.41. The quantitative estimate of drug-likeness (QED) is 0.718. The molecule has 0 spiro atoms. The van der Waals surface area contributed by atoms with Gasteiger partial charge in [0.15, 0.2) is 6.61 Å². The van der Waals surface area contributed by atoms with E-state index in [9.17, 15) is 4.79 Å². The lowest BCUT2D eigenvalue weighted by molar-refractivity contribution is -0.123. The Morgan fingerprint density at radius 2 is 1.95 bits per heavy atom. The van der Waals surface area contributed by atoms with E-state index in [2.05, 4.69) is 37.9 Å². The van der Waals surface area contributed by atoms with Crippen LogP contribution in [0.2, 0.25) is 0 Å². The molecule has 0 saturated carbocycles. The number of hydrogen-bond acceptors (Lipinski definition) is 4. The van der Waals surface area contributed by atoms with Crippen molar-refractivity contribution in [2.24, 2.45) is 0 Å². The van der Waals surface area contributed by atoms with Crippen molar-refractivity contribution >= 4 is 11.6 Å². The van der Waals surface area contributed by atoms with Crippen LogP contribution in [0.5, 0.6) is 5.75 Å². The first kappa shape index (κ1) is 17.3. The average molecular weight is 293 g/mol. The normalized spacial score (nSPS) is 11.2. The topological polar surface area (TPSA) is 67.6 Å². The molecule has 0 radical (unpaired) electrons. The van der Waals surface area contributed by atoms with Crippen LogP contribution in [0, 0.1) is 0 Å². The minimum Gasteiger partial charge on any atom is -0.484 e. The number of nitrogens with two attached hydrogens (primary N) is 1. The van der Waals surface area contributed by atoms with Crippen LogP contribution in [0.1, 0.15) is 27.7 Å². The summed E-state index contributed by atoms with van der Waals surface area (Å²) in [6, 6.07) is 7.98. The van der Waals surface area contributed by atoms with E-state index < -0.39 is 0 Å². The fraction of sp³-hybridized carbons (Fsp3) is 0.562. The van der Waals surface area contributed by atoms with Crippen molar-refractivity contribution in [2.75, 3.05) is 25.4 Å². The summed E-state index contributed by atoms with van der Waals surface area (Å²) in [6.07, 6.45) is 0. The molecule has 21 heavy (non-hydrogen) atoms. The van der Waals surface area contributed by atoms with Crippen molar-refractivity contribution in [1.29, 1.82) is 0 Å². The van der Waals surface area contributed by atoms with E-state index in [1.165, 1.54) is 0 Å². The fourth-order valence-corrected chi connectivity index (χ4v) is 2.24. The number of nitrogens with zero attached hydrogens (tertiary/aromatic N) is 1. The van der Waals surface area contributed by atoms with E-state index in [4.69, 9.17) is 10.5 Å². The summed E-state index contributed by atoms with van der Waals surface area (Å²) in [5, 5.41) is 2.87. The summed E-state index contributed by atoms with van der Waals surface area (Å²) >= 11 is 0. The third-order valence-electron chi connectivity index (χ3n) is 3.25. The van der Waals surface area contributed by atoms with Gasteiger partial charge in [0, 0.05) is 36.9 Å². The van der Waals surface area contributed by atoms with E-state index in [1.807, 2.05) is 0 Å². The molecule has 0 heterocycles. The highest BCUT2D eigenvalue weighted by molar-refractivity contribution is 5.77. The lowest BCUT2D eigenvalue weighted by Gasteiger charge is -2.30. The minimum absolute atomic E-state index is 0.00676. The molecule has 1 aromatic rings. The highest BCUT2D eigenvalue weighted by Crippen LogP contribution is 2.13. The SMILES string of the molecule is CC(C)N(CCNC(=O)COc1cccc(N)c1)C(C)C. The van der Waals surface area contributed by atoms with E-state index in [-0.39, 0.29) is 12.5 Å². The Morgan fingerprint density at radius 3 is 2.52 bits per heavy atom. The number of carbonyl (C=O) groups is 1. The molecule has 0 saturated heterocycles. The molecule has 5 nitrogen and oxygen atoms in total. The van der Waals surface area contributed by atoms with Gasteiger partial charge in [-0.1, -0.05) is 6.07 Å². The van der Waals surface area contributed by atoms with Gasteiger partial charge in [-0.15, -0.1) is 0 Å². The summed E-state index contributed by atoms with van der Waals surface area (Å²) in [4.78, 5) is 14.1. The summed E-state index contributed by atoms with van der Waals surface area (Å²) in [6.45, 7) is 10.1. The van der Waals surface area contributed by atoms with Crippen LogP contribution in [-0.4, -0.2) is 42.6 Å². The Bertz CT molecular complexity index is 439. The van der Waals surface area contributed by atoms with Crippen molar-refractivity contribution in [2.45, 2.75) is 39.8 Å². The Balaban J connectivity index is 2.28. The second-order valence-corrected chi connectivity index (χ2v) is 5.64. The van der Waals surface area contributed by atoms with E-state index in [0.717, 1.165) is 6.54 Å². The van der Waals surface area contributed by atoms with E-state index >= 15 is 0 Å². The standard InChI is InChI=1S/C16H27N3O2/c1-12(2)19(13(3)4)9-8-18-16(20)11-21-15-7-5-6-14(17)10-15/h5-7,10,12-13H,8-9,11,17H2,1-4H3,(H,18,20). The van der Waals surface area contributed by atoms with Gasteiger partial charge in [-0.25, -0.2) is 0 Å². The second-order valence-electron chi connectivity index (χ2n) is 5.64. The monoisotopic (exact) mass is 293 g/mol. The van der Waals surface area contributed by atoms with Crippen LogP contribution < -0.4 is 15.8 Å². The van der Waals surface area contributed by atoms with Crippen molar-refractivity contribution in [1.82, 2.24) is 10.2 Å². The van der Waals surface area contributed by atoms with Crippen molar-refractivity contribution < 1.29 is 9.53 Å². The maximum absolute atomic E-state index is 11.7. The molecular formula is C16H27N3O2. The molecule has 1 rings (SSSR count). The van der Waals surface area contributed by atoms with Gasteiger partial charge in [-0.3, -0.25) is 9.69 Å². The molecular weight excluding hydrogens is 266 g/mol. The summed E-state index contributed by atoms with van der Waals surface area (Å²) < 4.78 is 5.40. The lowest BCUT2D eigenvalue weighted by atomic mass is 10.2. The highest BCUT2D eigenvalue weighted by Gasteiger charge is 2.13. The van der Waals surface area contributed by atoms with Crippen LogP contribution >= 0.6 is 0 Å². The van der Waals surface area contributed by atoms with Crippen LogP contribution in [0.3, 0.4) is 0 Å². The zero-order valence-electron chi connectivity index (χ0n) is 13.4. The average Bonchev–Trinajstić information content (AvgIpc) is 2.40. The summed E-state index contributed by atoms with van der Waals surface area (Å²) in [7, 11) is 0. The minimum atomic E-state index is -0.120. The Labute approximate surface area is 127 Å². The molecule has 0 atom stereocenters. The van der Waals surface area contributed by atoms with Gasteiger partial charge in [-0.2, -0.15) is 0 Å². The summed E-state index contributed by atoms with van der Waals surface area (Å²) in [5.74, 6) is 0.487. The third kappa shape index (κ3) is 6.49. The van der Waals surface area contributed by atoms with Gasteiger partial charge in [0.25, 0.3) is 5.91 Å². The molecule has 0 aliphatic rings. The number of nitrogens with one attached hydrogen (secondary N) is 1. The predicted molar refractivity (Wildman–Crippen MR) is 86.3 cm³/mol. The number of amides is 1. The van der Waals surface area contributed by atoms with Crippen molar-refractivity contribution in [3.8, 4) is 5.75 Å². The van der Waals surface area contributed by atoms with Crippen LogP contribution in [-0.2, 0) is 4.79 Å². The molecule has 0 unspecified atom stereocenters. The predicted octanol–water partition coefficient (Wildman–Crippen LogP) is 1.88. The zero-order chi connectivity index (χ0) is 15.8. The lowest BCUT2D eigenvalue weighted by Crippen LogP contribution is -2.43. The van der Waals surface area contributed by atoms with Crippen LogP contribution in [0.15, 0.2) is 24.3 Å². The first-order valence-corrected chi connectivity index (χ1v) is 7.41. The maximum atomic E-state index is 11.7. The largest absolute Gasteiger partial charge is 0.484 e. The molecule has 1 aromatic carbocycles. The fourth-order valence-electron chi connectivity index (χ4n) is 2.24. The van der Waals surface area contributed by atoms with Crippen LogP contribution in [0.25, 0.3) is 0 Å².